The number of ether oxygens (including phenoxy) is 2. The molecule has 2 amide bonds. The Kier molecular flexibility index (Phi) is 8.67. The van der Waals surface area contributed by atoms with E-state index in [0.29, 0.717) is 39.2 Å². The molecule has 2 N–H and O–H groups in total. The van der Waals surface area contributed by atoms with Gasteiger partial charge in [-0.2, -0.15) is 5.01 Å². The number of carbonyl (C=O) groups is 3. The fourth-order valence-corrected chi connectivity index (χ4v) is 4.53. The summed E-state index contributed by atoms with van der Waals surface area (Å²) in [4.78, 5) is 36.9. The van der Waals surface area contributed by atoms with Gasteiger partial charge in [0.05, 0.1) is 4.91 Å². The number of thioether (sulfide) groups is 1. The molecule has 3 aromatic carbocycles. The molecule has 3 aromatic rings. The van der Waals surface area contributed by atoms with Crippen molar-refractivity contribution in [2.75, 3.05) is 0 Å². The van der Waals surface area contributed by atoms with Gasteiger partial charge in [0.2, 0.25) is 0 Å². The molecule has 1 aliphatic rings. The number of hydrogen-bond donors (Lipinski definition) is 2. The normalized spacial score (nSPS) is 14.9. The van der Waals surface area contributed by atoms with Crippen LogP contribution in [0.15, 0.2) is 77.7 Å². The molecule has 1 saturated heterocycles. The second-order valence-corrected chi connectivity index (χ2v) is 10.2. The number of aliphatic carboxylic acids is 1. The molecular weight excluding hydrogens is 548 g/mol. The van der Waals surface area contributed by atoms with Crippen LogP contribution >= 0.6 is 35.6 Å². The van der Waals surface area contributed by atoms with E-state index in [1.807, 2.05) is 12.1 Å². The minimum absolute atomic E-state index is 0.188. The van der Waals surface area contributed by atoms with Gasteiger partial charge in [-0.3, -0.25) is 15.0 Å². The van der Waals surface area contributed by atoms with Crippen LogP contribution in [-0.2, 0) is 16.2 Å². The van der Waals surface area contributed by atoms with E-state index in [2.05, 4.69) is 5.43 Å². The van der Waals surface area contributed by atoms with Crippen LogP contribution in [0.1, 0.15) is 28.4 Å². The quantitative estimate of drug-likeness (QED) is 0.264. The molecular formula is C27H21ClN2O6S2. The summed E-state index contributed by atoms with van der Waals surface area (Å²) in [5.41, 5.74) is 4.51. The third kappa shape index (κ3) is 6.91. The highest BCUT2D eigenvalue weighted by molar-refractivity contribution is 8.26. The number of carboxylic acids is 1. The van der Waals surface area contributed by atoms with Crippen LogP contribution < -0.4 is 14.9 Å². The first-order valence-electron chi connectivity index (χ1n) is 11.3. The molecule has 0 aromatic heterocycles. The van der Waals surface area contributed by atoms with Crippen LogP contribution in [-0.4, -0.2) is 38.3 Å². The van der Waals surface area contributed by atoms with Crippen LogP contribution in [0.2, 0.25) is 5.02 Å². The second-order valence-electron chi connectivity index (χ2n) is 8.06. The first-order chi connectivity index (χ1) is 18.2. The van der Waals surface area contributed by atoms with E-state index in [1.165, 1.54) is 6.92 Å². The van der Waals surface area contributed by atoms with Gasteiger partial charge >= 0.3 is 5.97 Å². The van der Waals surface area contributed by atoms with E-state index in [9.17, 15) is 14.4 Å². The Morgan fingerprint density at radius 2 is 1.68 bits per heavy atom. The summed E-state index contributed by atoms with van der Waals surface area (Å²) in [6.45, 7) is 1.78. The van der Waals surface area contributed by atoms with Crippen molar-refractivity contribution in [1.82, 2.24) is 10.4 Å². The number of rotatable bonds is 9. The summed E-state index contributed by atoms with van der Waals surface area (Å²) in [5, 5.41) is 10.6. The molecule has 1 aliphatic heterocycles. The molecule has 8 nitrogen and oxygen atoms in total. The van der Waals surface area contributed by atoms with Crippen LogP contribution in [0, 0.1) is 0 Å². The number of benzene rings is 3. The molecule has 0 spiro atoms. The maximum absolute atomic E-state index is 12.9. The highest BCUT2D eigenvalue weighted by Crippen LogP contribution is 2.32. The minimum Gasteiger partial charge on any atom is -0.489 e. The average molecular weight is 569 g/mol. The molecule has 0 bridgehead atoms. The SMILES string of the molecule is CC(Oc1ccc(/C=C2/SC(=S)N(NC(=O)c3ccc(OCc4ccc(Cl)cc4)cc3)C2=O)cc1)C(=O)O. The van der Waals surface area contributed by atoms with Crippen molar-refractivity contribution in [2.45, 2.75) is 19.6 Å². The van der Waals surface area contributed by atoms with Gasteiger partial charge in [-0.1, -0.05) is 47.6 Å². The molecule has 0 aliphatic carbocycles. The van der Waals surface area contributed by atoms with E-state index in [0.717, 1.165) is 22.3 Å². The van der Waals surface area contributed by atoms with Gasteiger partial charge in [0, 0.05) is 10.6 Å². The lowest BCUT2D eigenvalue weighted by molar-refractivity contribution is -0.144. The molecule has 1 heterocycles. The van der Waals surface area contributed by atoms with Crippen molar-refractivity contribution in [3.63, 3.8) is 0 Å². The first kappa shape index (κ1) is 27.2. The Hall–Kier alpha value is -3.86. The van der Waals surface area contributed by atoms with Crippen LogP contribution in [0.3, 0.4) is 0 Å². The summed E-state index contributed by atoms with van der Waals surface area (Å²) < 4.78 is 11.2. The molecule has 194 valence electrons. The van der Waals surface area contributed by atoms with E-state index in [-0.39, 0.29) is 4.32 Å². The number of carbonyl (C=O) groups excluding carboxylic acids is 2. The van der Waals surface area contributed by atoms with Gasteiger partial charge in [0.15, 0.2) is 10.4 Å². The van der Waals surface area contributed by atoms with E-state index >= 15 is 0 Å². The average Bonchev–Trinajstić information content (AvgIpc) is 3.16. The third-order valence-corrected chi connectivity index (χ3v) is 6.83. The Balaban J connectivity index is 1.34. The highest BCUT2D eigenvalue weighted by atomic mass is 35.5. The number of halogens is 1. The first-order valence-corrected chi connectivity index (χ1v) is 12.9. The lowest BCUT2D eigenvalue weighted by Crippen LogP contribution is -2.44. The zero-order valence-corrected chi connectivity index (χ0v) is 22.3. The van der Waals surface area contributed by atoms with Gasteiger partial charge in [-0.05, 0) is 84.9 Å². The van der Waals surface area contributed by atoms with Gasteiger partial charge < -0.3 is 14.6 Å². The van der Waals surface area contributed by atoms with E-state index in [4.69, 9.17) is 38.4 Å². The van der Waals surface area contributed by atoms with Crippen LogP contribution in [0.25, 0.3) is 6.08 Å². The summed E-state index contributed by atoms with van der Waals surface area (Å²) in [5.74, 6) is -1.06. The maximum Gasteiger partial charge on any atom is 0.344 e. The number of nitrogens with zero attached hydrogens (tertiary/aromatic N) is 1. The standard InChI is InChI=1S/C27H21ClN2O6S2/c1-16(26(33)34)36-22-10-4-17(5-11-22)14-23-25(32)30(27(37)38-23)29-24(31)19-6-12-21(13-7-19)35-15-18-2-8-20(28)9-3-18/h2-14,16H,15H2,1H3,(H,29,31)(H,33,34)/b23-14+. The minimum atomic E-state index is -1.07. The topological polar surface area (TPSA) is 105 Å². The third-order valence-electron chi connectivity index (χ3n) is 5.28. The molecule has 1 atom stereocenters. The summed E-state index contributed by atoms with van der Waals surface area (Å²) >= 11 is 12.2. The van der Waals surface area contributed by atoms with Crippen molar-refractivity contribution in [3.05, 3.63) is 99.4 Å². The predicted octanol–water partition coefficient (Wildman–Crippen LogP) is 5.32. The largest absolute Gasteiger partial charge is 0.489 e. The summed E-state index contributed by atoms with van der Waals surface area (Å²) in [7, 11) is 0. The van der Waals surface area contributed by atoms with Crippen molar-refractivity contribution < 1.29 is 29.0 Å². The number of amides is 2. The zero-order valence-electron chi connectivity index (χ0n) is 19.9. The number of hydrogen-bond acceptors (Lipinski definition) is 7. The summed E-state index contributed by atoms with van der Waals surface area (Å²) in [6, 6.07) is 20.4. The number of hydrazine groups is 1. The smallest absolute Gasteiger partial charge is 0.344 e. The zero-order chi connectivity index (χ0) is 27.2. The molecule has 0 saturated carbocycles. The fraction of sp³-hybridized carbons (Fsp3) is 0.111. The van der Waals surface area contributed by atoms with Crippen molar-refractivity contribution in [3.8, 4) is 11.5 Å². The van der Waals surface area contributed by atoms with Gasteiger partial charge in [0.25, 0.3) is 11.8 Å². The van der Waals surface area contributed by atoms with E-state index in [1.54, 1.807) is 66.7 Å². The Bertz CT molecular complexity index is 1390. The molecule has 1 unspecified atom stereocenters. The Morgan fingerprint density at radius 3 is 2.32 bits per heavy atom. The molecule has 11 heteroatoms. The summed E-state index contributed by atoms with van der Waals surface area (Å²) in [6.07, 6.45) is 0.640. The maximum atomic E-state index is 12.9. The molecule has 38 heavy (non-hydrogen) atoms. The molecule has 4 rings (SSSR count). The lowest BCUT2D eigenvalue weighted by Gasteiger charge is -2.16. The highest BCUT2D eigenvalue weighted by Gasteiger charge is 2.33. The molecule has 1 fully saturated rings. The Labute approximate surface area is 233 Å². The van der Waals surface area contributed by atoms with Crippen LogP contribution in [0.4, 0.5) is 0 Å². The lowest BCUT2D eigenvalue weighted by atomic mass is 10.2. The van der Waals surface area contributed by atoms with Gasteiger partial charge in [0.1, 0.15) is 18.1 Å². The fourth-order valence-electron chi connectivity index (χ4n) is 3.23. The molecule has 0 radical (unpaired) electrons. The van der Waals surface area contributed by atoms with Crippen molar-refractivity contribution in [1.29, 1.82) is 0 Å². The van der Waals surface area contributed by atoms with Crippen molar-refractivity contribution in [2.24, 2.45) is 0 Å². The van der Waals surface area contributed by atoms with Crippen LogP contribution in [0.5, 0.6) is 11.5 Å². The van der Waals surface area contributed by atoms with E-state index < -0.39 is 23.9 Å². The monoisotopic (exact) mass is 568 g/mol. The Morgan fingerprint density at radius 1 is 1.05 bits per heavy atom. The van der Waals surface area contributed by atoms with Gasteiger partial charge in [-0.15, -0.1) is 0 Å². The van der Waals surface area contributed by atoms with Gasteiger partial charge in [-0.25, -0.2) is 4.79 Å². The number of carboxylic acid groups (broad SMARTS) is 1. The predicted molar refractivity (Wildman–Crippen MR) is 149 cm³/mol. The number of thiocarbonyl (C=S) groups is 1. The second kappa shape index (κ2) is 12.1. The van der Waals surface area contributed by atoms with Crippen molar-refractivity contribution >= 4 is 63.8 Å². The number of nitrogens with one attached hydrogen (secondary N) is 1.